The molecule has 0 spiro atoms. The first-order valence-electron chi connectivity index (χ1n) is 5.36. The Bertz CT molecular complexity index is 428. The zero-order valence-electron chi connectivity index (χ0n) is 9.50. The van der Waals surface area contributed by atoms with E-state index < -0.39 is 0 Å². The topological polar surface area (TPSA) is 46.9 Å². The summed E-state index contributed by atoms with van der Waals surface area (Å²) < 4.78 is 1.57. The molecule has 0 unspecified atom stereocenters. The van der Waals surface area contributed by atoms with E-state index >= 15 is 0 Å². The second kappa shape index (κ2) is 3.36. The van der Waals surface area contributed by atoms with Crippen LogP contribution in [-0.2, 0) is 12.0 Å². The molecule has 0 radical (unpaired) electrons. The number of nitrogens with zero attached hydrogens (tertiary/aromatic N) is 2. The Balaban J connectivity index is 2.58. The molecule has 1 aliphatic rings. The van der Waals surface area contributed by atoms with Crippen LogP contribution in [0.3, 0.4) is 0 Å². The van der Waals surface area contributed by atoms with E-state index in [1.54, 1.807) is 10.9 Å². The van der Waals surface area contributed by atoms with Gasteiger partial charge in [0.2, 0.25) is 0 Å². The van der Waals surface area contributed by atoms with Gasteiger partial charge in [0.1, 0.15) is 0 Å². The van der Waals surface area contributed by atoms with Crippen LogP contribution in [0.5, 0.6) is 0 Å². The van der Waals surface area contributed by atoms with Crippen LogP contribution in [0.15, 0.2) is 11.0 Å². The van der Waals surface area contributed by atoms with Crippen LogP contribution in [-0.4, -0.2) is 16.3 Å². The van der Waals surface area contributed by atoms with Crippen LogP contribution in [0.2, 0.25) is 0 Å². The highest BCUT2D eigenvalue weighted by molar-refractivity contribution is 5.49. The molecule has 4 heteroatoms. The van der Waals surface area contributed by atoms with Crippen LogP contribution in [0.1, 0.15) is 32.8 Å². The van der Waals surface area contributed by atoms with Gasteiger partial charge in [0, 0.05) is 12.1 Å². The first-order chi connectivity index (χ1) is 7.00. The van der Waals surface area contributed by atoms with E-state index in [0.717, 1.165) is 30.6 Å². The summed E-state index contributed by atoms with van der Waals surface area (Å²) in [7, 11) is 0. The number of fused-ring (bicyclic) bond motifs is 1. The van der Waals surface area contributed by atoms with Crippen molar-refractivity contribution in [3.05, 3.63) is 22.1 Å². The first-order valence-corrected chi connectivity index (χ1v) is 5.36. The molecule has 4 nitrogen and oxygen atoms in total. The molecule has 0 aromatic carbocycles. The fourth-order valence-electron chi connectivity index (χ4n) is 1.85. The lowest BCUT2D eigenvalue weighted by molar-refractivity contribution is 0.335. The SMILES string of the molecule is CC(C)(C)n1ncc2c(c1=O)CCCN2. The average molecular weight is 207 g/mol. The van der Waals surface area contributed by atoms with Gasteiger partial charge in [-0.15, -0.1) is 0 Å². The lowest BCUT2D eigenvalue weighted by atomic mass is 10.1. The van der Waals surface area contributed by atoms with Crippen LogP contribution in [0, 0.1) is 0 Å². The van der Waals surface area contributed by atoms with E-state index in [0.29, 0.717) is 0 Å². The molecule has 0 saturated heterocycles. The van der Waals surface area contributed by atoms with Gasteiger partial charge in [-0.05, 0) is 33.6 Å². The van der Waals surface area contributed by atoms with Gasteiger partial charge >= 0.3 is 0 Å². The van der Waals surface area contributed by atoms with Crippen molar-refractivity contribution in [3.63, 3.8) is 0 Å². The van der Waals surface area contributed by atoms with Gasteiger partial charge in [-0.1, -0.05) is 0 Å². The van der Waals surface area contributed by atoms with Gasteiger partial charge in [0.05, 0.1) is 17.4 Å². The molecule has 1 aromatic rings. The standard InChI is InChI=1S/C11H17N3O/c1-11(2,3)14-10(15)8-5-4-6-12-9(8)7-13-14/h7,12H,4-6H2,1-3H3. The monoisotopic (exact) mass is 207 g/mol. The molecule has 2 rings (SSSR count). The van der Waals surface area contributed by atoms with Gasteiger partial charge in [0.15, 0.2) is 0 Å². The van der Waals surface area contributed by atoms with Crippen molar-refractivity contribution in [1.29, 1.82) is 0 Å². The lowest BCUT2D eigenvalue weighted by Gasteiger charge is -2.24. The molecular weight excluding hydrogens is 190 g/mol. The summed E-state index contributed by atoms with van der Waals surface area (Å²) in [5, 5.41) is 7.41. The lowest BCUT2D eigenvalue weighted by Crippen LogP contribution is -2.39. The third kappa shape index (κ3) is 1.76. The van der Waals surface area contributed by atoms with Crippen LogP contribution in [0.4, 0.5) is 5.69 Å². The zero-order valence-corrected chi connectivity index (χ0v) is 9.50. The average Bonchev–Trinajstić information content (AvgIpc) is 2.16. The van der Waals surface area contributed by atoms with Crippen molar-refractivity contribution in [1.82, 2.24) is 9.78 Å². The fraction of sp³-hybridized carbons (Fsp3) is 0.636. The predicted octanol–water partition coefficient (Wildman–Crippen LogP) is 1.36. The molecule has 82 valence electrons. The second-order valence-electron chi connectivity index (χ2n) is 4.95. The molecule has 0 fully saturated rings. The Hall–Kier alpha value is -1.32. The number of rotatable bonds is 0. The highest BCUT2D eigenvalue weighted by atomic mass is 16.1. The Morgan fingerprint density at radius 1 is 1.47 bits per heavy atom. The summed E-state index contributed by atoms with van der Waals surface area (Å²) in [6.07, 6.45) is 3.65. The first kappa shape index (κ1) is 10.2. The molecule has 0 saturated carbocycles. The molecule has 1 aromatic heterocycles. The van der Waals surface area contributed by atoms with Crippen molar-refractivity contribution in [2.75, 3.05) is 11.9 Å². The summed E-state index contributed by atoms with van der Waals surface area (Å²) in [4.78, 5) is 12.1. The van der Waals surface area contributed by atoms with E-state index in [4.69, 9.17) is 0 Å². The van der Waals surface area contributed by atoms with Gasteiger partial charge in [-0.25, -0.2) is 4.68 Å². The van der Waals surface area contributed by atoms with E-state index in [1.807, 2.05) is 20.8 Å². The van der Waals surface area contributed by atoms with E-state index in [2.05, 4.69) is 10.4 Å². The third-order valence-corrected chi connectivity index (χ3v) is 2.63. The molecule has 0 amide bonds. The normalized spacial score (nSPS) is 15.7. The summed E-state index contributed by atoms with van der Waals surface area (Å²) in [5.74, 6) is 0. The number of hydrogen-bond acceptors (Lipinski definition) is 3. The van der Waals surface area contributed by atoms with Crippen LogP contribution in [0.25, 0.3) is 0 Å². The highest BCUT2D eigenvalue weighted by Crippen LogP contribution is 2.18. The molecule has 2 heterocycles. The van der Waals surface area contributed by atoms with Gasteiger partial charge in [-0.3, -0.25) is 4.79 Å². The van der Waals surface area contributed by atoms with Gasteiger partial charge < -0.3 is 5.32 Å². The molecule has 0 bridgehead atoms. The Labute approximate surface area is 89.3 Å². The number of nitrogens with one attached hydrogen (secondary N) is 1. The summed E-state index contributed by atoms with van der Waals surface area (Å²) >= 11 is 0. The highest BCUT2D eigenvalue weighted by Gasteiger charge is 2.21. The Morgan fingerprint density at radius 3 is 2.87 bits per heavy atom. The summed E-state index contributed by atoms with van der Waals surface area (Å²) in [5.41, 5.74) is 1.59. The van der Waals surface area contributed by atoms with Crippen molar-refractivity contribution in [2.45, 2.75) is 39.2 Å². The third-order valence-electron chi connectivity index (χ3n) is 2.63. The molecule has 0 atom stereocenters. The molecule has 0 aliphatic carbocycles. The quantitative estimate of drug-likeness (QED) is 0.698. The van der Waals surface area contributed by atoms with Crippen molar-refractivity contribution < 1.29 is 0 Å². The van der Waals surface area contributed by atoms with Crippen molar-refractivity contribution >= 4 is 5.69 Å². The van der Waals surface area contributed by atoms with Crippen LogP contribution >= 0.6 is 0 Å². The summed E-state index contributed by atoms with van der Waals surface area (Å²) in [6, 6.07) is 0. The van der Waals surface area contributed by atoms with Gasteiger partial charge in [-0.2, -0.15) is 5.10 Å². The largest absolute Gasteiger partial charge is 0.383 e. The minimum absolute atomic E-state index is 0.0483. The van der Waals surface area contributed by atoms with Crippen molar-refractivity contribution in [3.8, 4) is 0 Å². The van der Waals surface area contributed by atoms with E-state index in [1.165, 1.54) is 0 Å². The second-order valence-corrected chi connectivity index (χ2v) is 4.95. The maximum absolute atomic E-state index is 12.1. The molecular formula is C11H17N3O. The van der Waals surface area contributed by atoms with Gasteiger partial charge in [0.25, 0.3) is 5.56 Å². The maximum Gasteiger partial charge on any atom is 0.272 e. The molecule has 15 heavy (non-hydrogen) atoms. The Morgan fingerprint density at radius 2 is 2.20 bits per heavy atom. The van der Waals surface area contributed by atoms with E-state index in [-0.39, 0.29) is 11.1 Å². The summed E-state index contributed by atoms with van der Waals surface area (Å²) in [6.45, 7) is 6.91. The number of aromatic nitrogens is 2. The minimum Gasteiger partial charge on any atom is -0.383 e. The van der Waals surface area contributed by atoms with Crippen LogP contribution < -0.4 is 10.9 Å². The number of hydrogen-bond donors (Lipinski definition) is 1. The van der Waals surface area contributed by atoms with Crippen molar-refractivity contribution in [2.24, 2.45) is 0 Å². The maximum atomic E-state index is 12.1. The van der Waals surface area contributed by atoms with E-state index in [9.17, 15) is 4.79 Å². The predicted molar refractivity (Wildman–Crippen MR) is 60.3 cm³/mol. The Kier molecular flexibility index (Phi) is 2.29. The minimum atomic E-state index is -0.246. The molecule has 1 aliphatic heterocycles. The zero-order chi connectivity index (χ0) is 11.1. The number of anilines is 1. The smallest absolute Gasteiger partial charge is 0.272 e. The fourth-order valence-corrected chi connectivity index (χ4v) is 1.85. The molecule has 1 N–H and O–H groups in total.